The van der Waals surface area contributed by atoms with E-state index in [1.165, 1.54) is 24.3 Å². The van der Waals surface area contributed by atoms with Crippen molar-refractivity contribution < 1.29 is 8.78 Å². The Morgan fingerprint density at radius 1 is 1.05 bits per heavy atom. The van der Waals surface area contributed by atoms with Crippen molar-refractivity contribution in [2.24, 2.45) is 5.73 Å². The summed E-state index contributed by atoms with van der Waals surface area (Å²) in [6.45, 7) is 3.58. The van der Waals surface area contributed by atoms with Gasteiger partial charge in [-0.05, 0) is 60.4 Å². The lowest BCUT2D eigenvalue weighted by Gasteiger charge is -2.18. The van der Waals surface area contributed by atoms with Crippen molar-refractivity contribution in [3.8, 4) is 0 Å². The summed E-state index contributed by atoms with van der Waals surface area (Å²) in [5.74, 6) is -0.805. The van der Waals surface area contributed by atoms with Crippen LogP contribution in [0.2, 0.25) is 5.02 Å². The highest BCUT2D eigenvalue weighted by molar-refractivity contribution is 6.30. The second-order valence-electron chi connectivity index (χ2n) is 4.60. The molecule has 0 spiro atoms. The van der Waals surface area contributed by atoms with Gasteiger partial charge in [0.05, 0.1) is 11.1 Å². The standard InChI is InChI=1S/C15H14ClF2N/c1-8-5-11(17)6-9(2)14(8)15(19)10-3-4-12(16)13(18)7-10/h3-7,15H,19H2,1-2H3. The quantitative estimate of drug-likeness (QED) is 0.873. The molecule has 4 heteroatoms. The molecule has 1 nitrogen and oxygen atoms in total. The van der Waals surface area contributed by atoms with Crippen LogP contribution in [0.3, 0.4) is 0 Å². The summed E-state index contributed by atoms with van der Waals surface area (Å²) < 4.78 is 26.7. The largest absolute Gasteiger partial charge is 0.320 e. The lowest BCUT2D eigenvalue weighted by Crippen LogP contribution is -2.15. The predicted octanol–water partition coefficient (Wildman–Crippen LogP) is 4.28. The molecule has 1 unspecified atom stereocenters. The molecular formula is C15H14ClF2N. The van der Waals surface area contributed by atoms with Gasteiger partial charge in [0.25, 0.3) is 0 Å². The number of rotatable bonds is 2. The molecule has 0 saturated heterocycles. The molecule has 0 aliphatic rings. The van der Waals surface area contributed by atoms with Crippen molar-refractivity contribution in [2.45, 2.75) is 19.9 Å². The van der Waals surface area contributed by atoms with Gasteiger partial charge >= 0.3 is 0 Å². The summed E-state index contributed by atoms with van der Waals surface area (Å²) in [4.78, 5) is 0. The van der Waals surface area contributed by atoms with E-state index in [-0.39, 0.29) is 10.8 Å². The normalized spacial score (nSPS) is 12.5. The first-order chi connectivity index (χ1) is 8.90. The Labute approximate surface area is 116 Å². The van der Waals surface area contributed by atoms with Crippen LogP contribution in [0, 0.1) is 25.5 Å². The summed E-state index contributed by atoms with van der Waals surface area (Å²) in [7, 11) is 0. The summed E-state index contributed by atoms with van der Waals surface area (Å²) in [6.07, 6.45) is 0. The van der Waals surface area contributed by atoms with Crippen LogP contribution in [0.1, 0.15) is 28.3 Å². The summed E-state index contributed by atoms with van der Waals surface area (Å²) in [6, 6.07) is 6.81. The average Bonchev–Trinajstić information content (AvgIpc) is 2.31. The third-order valence-electron chi connectivity index (χ3n) is 3.17. The molecule has 0 aliphatic carbocycles. The van der Waals surface area contributed by atoms with Gasteiger partial charge in [0.2, 0.25) is 0 Å². The Morgan fingerprint density at radius 3 is 2.16 bits per heavy atom. The van der Waals surface area contributed by atoms with Gasteiger partial charge in [0, 0.05) is 0 Å². The number of halogens is 3. The van der Waals surface area contributed by atoms with Gasteiger partial charge in [-0.3, -0.25) is 0 Å². The first-order valence-electron chi connectivity index (χ1n) is 5.87. The van der Waals surface area contributed by atoms with Crippen molar-refractivity contribution >= 4 is 11.6 Å². The highest BCUT2D eigenvalue weighted by atomic mass is 35.5. The number of benzene rings is 2. The molecule has 2 N–H and O–H groups in total. The highest BCUT2D eigenvalue weighted by Gasteiger charge is 2.16. The fourth-order valence-electron chi connectivity index (χ4n) is 2.28. The zero-order chi connectivity index (χ0) is 14.2. The number of hydrogen-bond donors (Lipinski definition) is 1. The molecule has 0 saturated carbocycles. The number of aryl methyl sites for hydroxylation is 2. The van der Waals surface area contributed by atoms with Gasteiger partial charge in [-0.1, -0.05) is 17.7 Å². The summed E-state index contributed by atoms with van der Waals surface area (Å²) in [5, 5.41) is 0.0588. The second-order valence-corrected chi connectivity index (χ2v) is 5.01. The minimum Gasteiger partial charge on any atom is -0.320 e. The minimum atomic E-state index is -0.507. The van der Waals surface area contributed by atoms with E-state index in [0.717, 1.165) is 16.7 Å². The lowest BCUT2D eigenvalue weighted by molar-refractivity contribution is 0.619. The third-order valence-corrected chi connectivity index (χ3v) is 3.48. The molecule has 100 valence electrons. The zero-order valence-corrected chi connectivity index (χ0v) is 11.4. The second kappa shape index (κ2) is 5.27. The van der Waals surface area contributed by atoms with Crippen LogP contribution < -0.4 is 5.73 Å². The van der Waals surface area contributed by atoms with Crippen molar-refractivity contribution in [2.75, 3.05) is 0 Å². The Kier molecular flexibility index (Phi) is 3.88. The van der Waals surface area contributed by atoms with Crippen LogP contribution in [0.5, 0.6) is 0 Å². The van der Waals surface area contributed by atoms with E-state index in [1.807, 2.05) is 0 Å². The summed E-state index contributed by atoms with van der Waals surface area (Å²) in [5.41, 5.74) is 9.07. The third kappa shape index (κ3) is 2.77. The van der Waals surface area contributed by atoms with Crippen LogP contribution in [-0.2, 0) is 0 Å². The van der Waals surface area contributed by atoms with Crippen LogP contribution in [0.25, 0.3) is 0 Å². The smallest absolute Gasteiger partial charge is 0.142 e. The molecule has 2 rings (SSSR count). The summed E-state index contributed by atoms with van der Waals surface area (Å²) >= 11 is 5.65. The van der Waals surface area contributed by atoms with E-state index in [9.17, 15) is 8.78 Å². The molecular weight excluding hydrogens is 268 g/mol. The molecule has 0 amide bonds. The van der Waals surface area contributed by atoms with Crippen LogP contribution in [-0.4, -0.2) is 0 Å². The maximum atomic E-state index is 13.5. The van der Waals surface area contributed by atoms with E-state index in [4.69, 9.17) is 17.3 Å². The SMILES string of the molecule is Cc1cc(F)cc(C)c1C(N)c1ccc(Cl)c(F)c1. The van der Waals surface area contributed by atoms with Gasteiger partial charge < -0.3 is 5.73 Å². The van der Waals surface area contributed by atoms with Gasteiger partial charge in [0.1, 0.15) is 11.6 Å². The minimum absolute atomic E-state index is 0.0588. The number of hydrogen-bond acceptors (Lipinski definition) is 1. The Hall–Kier alpha value is -1.45. The van der Waals surface area contributed by atoms with Crippen LogP contribution in [0.4, 0.5) is 8.78 Å². The van der Waals surface area contributed by atoms with Gasteiger partial charge in [-0.15, -0.1) is 0 Å². The van der Waals surface area contributed by atoms with E-state index in [2.05, 4.69) is 0 Å². The van der Waals surface area contributed by atoms with Gasteiger partial charge in [-0.2, -0.15) is 0 Å². The first-order valence-corrected chi connectivity index (χ1v) is 6.25. The molecule has 19 heavy (non-hydrogen) atoms. The fourth-order valence-corrected chi connectivity index (χ4v) is 2.40. The molecule has 0 radical (unpaired) electrons. The molecule has 2 aromatic rings. The Morgan fingerprint density at radius 2 is 1.63 bits per heavy atom. The van der Waals surface area contributed by atoms with E-state index >= 15 is 0 Å². The van der Waals surface area contributed by atoms with Crippen molar-refractivity contribution in [3.05, 3.63) is 69.2 Å². The molecule has 0 heterocycles. The zero-order valence-electron chi connectivity index (χ0n) is 10.7. The topological polar surface area (TPSA) is 26.0 Å². The van der Waals surface area contributed by atoms with Crippen molar-refractivity contribution in [3.63, 3.8) is 0 Å². The van der Waals surface area contributed by atoms with E-state index in [1.54, 1.807) is 19.9 Å². The molecule has 0 bridgehead atoms. The maximum Gasteiger partial charge on any atom is 0.142 e. The average molecular weight is 282 g/mol. The van der Waals surface area contributed by atoms with Crippen molar-refractivity contribution in [1.82, 2.24) is 0 Å². The molecule has 0 aromatic heterocycles. The molecule has 0 fully saturated rings. The van der Waals surface area contributed by atoms with Crippen LogP contribution >= 0.6 is 11.6 Å². The lowest BCUT2D eigenvalue weighted by atomic mass is 9.92. The van der Waals surface area contributed by atoms with Gasteiger partial charge in [0.15, 0.2) is 0 Å². The van der Waals surface area contributed by atoms with E-state index < -0.39 is 11.9 Å². The number of nitrogens with two attached hydrogens (primary N) is 1. The molecule has 2 aromatic carbocycles. The van der Waals surface area contributed by atoms with Crippen LogP contribution in [0.15, 0.2) is 30.3 Å². The monoisotopic (exact) mass is 281 g/mol. The highest BCUT2D eigenvalue weighted by Crippen LogP contribution is 2.28. The Balaban J connectivity index is 2.49. The Bertz CT molecular complexity index is 603. The van der Waals surface area contributed by atoms with E-state index in [0.29, 0.717) is 5.56 Å². The molecule has 0 aliphatic heterocycles. The maximum absolute atomic E-state index is 13.5. The molecule has 1 atom stereocenters. The van der Waals surface area contributed by atoms with Crippen molar-refractivity contribution in [1.29, 1.82) is 0 Å². The fraction of sp³-hybridized carbons (Fsp3) is 0.200. The van der Waals surface area contributed by atoms with Gasteiger partial charge in [-0.25, -0.2) is 8.78 Å². The first kappa shape index (κ1) is 14.0. The predicted molar refractivity (Wildman–Crippen MR) is 73.3 cm³/mol.